The maximum absolute atomic E-state index is 5.65. The largest absolute Gasteiger partial charge is 0.378 e. The summed E-state index contributed by atoms with van der Waals surface area (Å²) in [6.07, 6.45) is 2.39. The second-order valence-electron chi connectivity index (χ2n) is 7.20. The monoisotopic (exact) mass is 353 g/mol. The molecular weight excluding hydrogens is 330 g/mol. The van der Waals surface area contributed by atoms with Crippen LogP contribution in [0.3, 0.4) is 0 Å². The second kappa shape index (κ2) is 6.71. The van der Waals surface area contributed by atoms with Crippen LogP contribution >= 0.6 is 0 Å². The number of nitrogens with zero attached hydrogens (tertiary/aromatic N) is 1. The van der Waals surface area contributed by atoms with E-state index in [2.05, 4.69) is 95.9 Å². The van der Waals surface area contributed by atoms with Crippen molar-refractivity contribution in [1.29, 1.82) is 0 Å². The molecule has 1 fully saturated rings. The van der Waals surface area contributed by atoms with Crippen LogP contribution in [0.1, 0.15) is 22.3 Å². The fourth-order valence-corrected chi connectivity index (χ4v) is 4.64. The van der Waals surface area contributed by atoms with Crippen LogP contribution in [0.25, 0.3) is 6.08 Å². The Morgan fingerprint density at radius 3 is 1.85 bits per heavy atom. The van der Waals surface area contributed by atoms with Crippen LogP contribution in [-0.4, -0.2) is 31.2 Å². The summed E-state index contributed by atoms with van der Waals surface area (Å²) >= 11 is 0. The molecule has 0 N–H and O–H groups in total. The predicted molar refractivity (Wildman–Crippen MR) is 110 cm³/mol. The summed E-state index contributed by atoms with van der Waals surface area (Å²) in [5, 5.41) is 0. The molecule has 0 radical (unpaired) electrons. The molecule has 0 saturated carbocycles. The summed E-state index contributed by atoms with van der Waals surface area (Å²) in [5.74, 6) is 0. The van der Waals surface area contributed by atoms with Crippen LogP contribution in [0.4, 0.5) is 0 Å². The van der Waals surface area contributed by atoms with Crippen LogP contribution in [0.2, 0.25) is 0 Å². The molecule has 1 saturated heterocycles. The molecule has 3 aromatic rings. The lowest BCUT2D eigenvalue weighted by molar-refractivity contribution is 0.0503. The minimum Gasteiger partial charge on any atom is -0.378 e. The Labute approximate surface area is 160 Å². The first-order valence-electron chi connectivity index (χ1n) is 9.66. The van der Waals surface area contributed by atoms with Crippen molar-refractivity contribution in [1.82, 2.24) is 4.90 Å². The van der Waals surface area contributed by atoms with Gasteiger partial charge in [-0.25, -0.2) is 0 Å². The third-order valence-electron chi connectivity index (χ3n) is 5.81. The number of rotatable bonds is 3. The number of fused-ring (bicyclic) bond motifs is 1. The number of hydrogen-bond donors (Lipinski definition) is 0. The Morgan fingerprint density at radius 1 is 0.667 bits per heavy atom. The van der Waals surface area contributed by atoms with E-state index in [1.54, 1.807) is 0 Å². The predicted octanol–water partition coefficient (Wildman–Crippen LogP) is 4.71. The average molecular weight is 353 g/mol. The lowest BCUT2D eigenvalue weighted by atomic mass is 9.68. The maximum atomic E-state index is 5.65. The molecule has 2 heteroatoms. The third-order valence-corrected chi connectivity index (χ3v) is 5.81. The van der Waals surface area contributed by atoms with Crippen LogP contribution in [0.5, 0.6) is 0 Å². The molecule has 5 rings (SSSR count). The Bertz CT molecular complexity index is 916. The molecule has 3 aromatic carbocycles. The van der Waals surface area contributed by atoms with E-state index in [-0.39, 0.29) is 5.41 Å². The minimum atomic E-state index is -0.281. The molecule has 0 atom stereocenters. The smallest absolute Gasteiger partial charge is 0.0856 e. The van der Waals surface area contributed by atoms with Gasteiger partial charge in [0.25, 0.3) is 0 Å². The van der Waals surface area contributed by atoms with E-state index in [1.165, 1.54) is 28.0 Å². The zero-order chi connectivity index (χ0) is 18.1. The molecule has 0 amide bonds. The summed E-state index contributed by atoms with van der Waals surface area (Å²) < 4.78 is 5.65. The quantitative estimate of drug-likeness (QED) is 0.676. The van der Waals surface area contributed by atoms with Crippen molar-refractivity contribution in [2.75, 3.05) is 26.3 Å². The molecule has 1 heterocycles. The highest BCUT2D eigenvalue weighted by Gasteiger charge is 2.46. The molecule has 1 aliphatic carbocycles. The van der Waals surface area contributed by atoms with Gasteiger partial charge in [0.1, 0.15) is 0 Å². The standard InChI is InChI=1S/C25H23NO/c1-3-10-21(11-4-1)25(22-12-5-2-6-13-22)23-14-8-7-9-20(23)19-24(25)26-15-17-27-18-16-26/h1-14,19H,15-18H2. The van der Waals surface area contributed by atoms with Gasteiger partial charge in [-0.2, -0.15) is 0 Å². The first-order chi connectivity index (χ1) is 13.4. The molecule has 2 aliphatic rings. The fraction of sp³-hybridized carbons (Fsp3) is 0.200. The van der Waals surface area contributed by atoms with E-state index in [4.69, 9.17) is 4.74 Å². The van der Waals surface area contributed by atoms with Crippen molar-refractivity contribution in [3.05, 3.63) is 113 Å². The van der Waals surface area contributed by atoms with Gasteiger partial charge in [-0.3, -0.25) is 0 Å². The average Bonchev–Trinajstić information content (AvgIpc) is 3.12. The van der Waals surface area contributed by atoms with E-state index in [0.29, 0.717) is 0 Å². The topological polar surface area (TPSA) is 12.5 Å². The number of benzene rings is 3. The summed E-state index contributed by atoms with van der Waals surface area (Å²) in [6.45, 7) is 3.43. The number of morpholine rings is 1. The van der Waals surface area contributed by atoms with Crippen molar-refractivity contribution in [3.8, 4) is 0 Å². The molecule has 0 aromatic heterocycles. The van der Waals surface area contributed by atoms with E-state index in [9.17, 15) is 0 Å². The van der Waals surface area contributed by atoms with E-state index in [0.717, 1.165) is 26.3 Å². The normalized spacial score (nSPS) is 18.1. The lowest BCUT2D eigenvalue weighted by Crippen LogP contribution is -2.43. The van der Waals surface area contributed by atoms with Gasteiger partial charge in [0.05, 0.1) is 18.6 Å². The Hall–Kier alpha value is -2.84. The zero-order valence-corrected chi connectivity index (χ0v) is 15.3. The first-order valence-corrected chi connectivity index (χ1v) is 9.66. The van der Waals surface area contributed by atoms with Crippen molar-refractivity contribution >= 4 is 6.08 Å². The molecular formula is C25H23NO. The molecule has 0 unspecified atom stereocenters. The zero-order valence-electron chi connectivity index (χ0n) is 15.3. The number of hydrogen-bond acceptors (Lipinski definition) is 2. The third kappa shape index (κ3) is 2.52. The molecule has 134 valence electrons. The Balaban J connectivity index is 1.82. The Kier molecular flexibility index (Phi) is 4.06. The van der Waals surface area contributed by atoms with Gasteiger partial charge in [0, 0.05) is 18.8 Å². The highest BCUT2D eigenvalue weighted by atomic mass is 16.5. The number of allylic oxidation sites excluding steroid dienone is 1. The van der Waals surface area contributed by atoms with Crippen molar-refractivity contribution in [2.45, 2.75) is 5.41 Å². The van der Waals surface area contributed by atoms with E-state index < -0.39 is 0 Å². The SMILES string of the molecule is C1=C(N2CCOCC2)C(c2ccccc2)(c2ccccc2)c2ccccc21. The van der Waals surface area contributed by atoms with Gasteiger partial charge >= 0.3 is 0 Å². The summed E-state index contributed by atoms with van der Waals surface area (Å²) in [7, 11) is 0. The maximum Gasteiger partial charge on any atom is 0.0856 e. The summed E-state index contributed by atoms with van der Waals surface area (Å²) in [5.41, 5.74) is 6.40. The van der Waals surface area contributed by atoms with Crippen LogP contribution in [0.15, 0.2) is 90.6 Å². The summed E-state index contributed by atoms with van der Waals surface area (Å²) in [6, 6.07) is 30.7. The van der Waals surface area contributed by atoms with Gasteiger partial charge in [0.15, 0.2) is 0 Å². The van der Waals surface area contributed by atoms with Crippen LogP contribution < -0.4 is 0 Å². The van der Waals surface area contributed by atoms with Crippen LogP contribution in [0, 0.1) is 0 Å². The van der Waals surface area contributed by atoms with Crippen molar-refractivity contribution in [2.24, 2.45) is 0 Å². The van der Waals surface area contributed by atoms with Crippen molar-refractivity contribution < 1.29 is 4.74 Å². The van der Waals surface area contributed by atoms with Gasteiger partial charge in [-0.15, -0.1) is 0 Å². The van der Waals surface area contributed by atoms with Crippen molar-refractivity contribution in [3.63, 3.8) is 0 Å². The Morgan fingerprint density at radius 2 is 1.22 bits per heavy atom. The first kappa shape index (κ1) is 16.3. The summed E-state index contributed by atoms with van der Waals surface area (Å²) in [4.78, 5) is 2.52. The minimum absolute atomic E-state index is 0.281. The number of ether oxygens (including phenoxy) is 1. The second-order valence-corrected chi connectivity index (χ2v) is 7.20. The molecule has 27 heavy (non-hydrogen) atoms. The van der Waals surface area contributed by atoms with Gasteiger partial charge in [-0.05, 0) is 28.3 Å². The fourth-order valence-electron chi connectivity index (χ4n) is 4.64. The van der Waals surface area contributed by atoms with Crippen LogP contribution in [-0.2, 0) is 10.2 Å². The lowest BCUT2D eigenvalue weighted by Gasteiger charge is -2.42. The molecule has 2 nitrogen and oxygen atoms in total. The highest BCUT2D eigenvalue weighted by molar-refractivity contribution is 5.76. The molecule has 0 bridgehead atoms. The van der Waals surface area contributed by atoms with E-state index in [1.807, 2.05) is 0 Å². The molecule has 1 aliphatic heterocycles. The van der Waals surface area contributed by atoms with Gasteiger partial charge in [-0.1, -0.05) is 84.9 Å². The molecule has 0 spiro atoms. The van der Waals surface area contributed by atoms with E-state index >= 15 is 0 Å². The highest BCUT2D eigenvalue weighted by Crippen LogP contribution is 2.52. The van der Waals surface area contributed by atoms with Gasteiger partial charge < -0.3 is 9.64 Å². The van der Waals surface area contributed by atoms with Gasteiger partial charge in [0.2, 0.25) is 0 Å².